The van der Waals surface area contributed by atoms with Crippen molar-refractivity contribution in [1.29, 1.82) is 0 Å². The van der Waals surface area contributed by atoms with Crippen molar-refractivity contribution < 1.29 is 14.3 Å². The van der Waals surface area contributed by atoms with E-state index in [9.17, 15) is 14.4 Å². The number of fused-ring (bicyclic) bond motifs is 1. The second-order valence-corrected chi connectivity index (χ2v) is 9.53. The average Bonchev–Trinajstić information content (AvgIpc) is 3.24. The topological polar surface area (TPSA) is 90.3 Å². The molecule has 0 aliphatic rings. The van der Waals surface area contributed by atoms with Crippen LogP contribution in [0.4, 0.5) is 5.69 Å². The second-order valence-electron chi connectivity index (χ2n) is 8.53. The van der Waals surface area contributed by atoms with E-state index in [-0.39, 0.29) is 18.1 Å². The molecule has 2 aromatic carbocycles. The highest BCUT2D eigenvalue weighted by Gasteiger charge is 2.25. The molecule has 0 saturated heterocycles. The summed E-state index contributed by atoms with van der Waals surface area (Å²) in [6.07, 6.45) is 3.31. The van der Waals surface area contributed by atoms with Crippen LogP contribution in [-0.2, 0) is 22.4 Å². The van der Waals surface area contributed by atoms with Crippen LogP contribution < -0.4 is 10.9 Å². The molecule has 186 valence electrons. The van der Waals surface area contributed by atoms with Crippen LogP contribution in [0.2, 0.25) is 0 Å². The molecule has 2 aromatic heterocycles. The van der Waals surface area contributed by atoms with Gasteiger partial charge in [-0.15, -0.1) is 11.3 Å². The third-order valence-corrected chi connectivity index (χ3v) is 7.36. The van der Waals surface area contributed by atoms with Gasteiger partial charge in [-0.05, 0) is 48.6 Å². The summed E-state index contributed by atoms with van der Waals surface area (Å²) in [5.41, 5.74) is 3.10. The van der Waals surface area contributed by atoms with Crippen molar-refractivity contribution in [3.05, 3.63) is 92.8 Å². The minimum Gasteiger partial charge on any atom is -0.461 e. The largest absolute Gasteiger partial charge is 0.461 e. The fourth-order valence-corrected chi connectivity index (χ4v) is 5.12. The smallest absolute Gasteiger partial charge is 0.348 e. The lowest BCUT2D eigenvalue weighted by Gasteiger charge is -2.17. The van der Waals surface area contributed by atoms with Gasteiger partial charge in [0.25, 0.3) is 5.56 Å². The van der Waals surface area contributed by atoms with Crippen molar-refractivity contribution in [2.24, 2.45) is 0 Å². The number of benzene rings is 2. The van der Waals surface area contributed by atoms with Gasteiger partial charge in [0.2, 0.25) is 5.91 Å². The lowest BCUT2D eigenvalue weighted by atomic mass is 10.1. The molecule has 7 nitrogen and oxygen atoms in total. The molecule has 1 atom stereocenters. The molecular weight excluding hydrogens is 474 g/mol. The van der Waals surface area contributed by atoms with Crippen molar-refractivity contribution in [3.8, 4) is 0 Å². The van der Waals surface area contributed by atoms with E-state index in [2.05, 4.69) is 17.2 Å². The first-order valence-corrected chi connectivity index (χ1v) is 12.9. The minimum atomic E-state index is -0.735. The number of esters is 1. The molecule has 0 saturated carbocycles. The SMILES string of the molecule is CCc1ccc(NC(=O)C(CC)n2cnc3sc(C(=O)OCCc4ccccc4)c(C)c3c2=O)cc1. The Bertz CT molecular complexity index is 1430. The molecule has 0 fully saturated rings. The molecule has 36 heavy (non-hydrogen) atoms. The van der Waals surface area contributed by atoms with Gasteiger partial charge in [0.1, 0.15) is 15.7 Å². The summed E-state index contributed by atoms with van der Waals surface area (Å²) in [6, 6.07) is 16.7. The summed E-state index contributed by atoms with van der Waals surface area (Å²) >= 11 is 1.14. The van der Waals surface area contributed by atoms with Crippen molar-refractivity contribution in [2.75, 3.05) is 11.9 Å². The van der Waals surface area contributed by atoms with Gasteiger partial charge in [0, 0.05) is 12.1 Å². The Morgan fingerprint density at radius 2 is 1.78 bits per heavy atom. The molecule has 8 heteroatoms. The molecule has 1 unspecified atom stereocenters. The number of nitrogens with one attached hydrogen (secondary N) is 1. The normalized spacial score (nSPS) is 11.9. The Morgan fingerprint density at radius 1 is 1.06 bits per heavy atom. The van der Waals surface area contributed by atoms with E-state index in [1.54, 1.807) is 6.92 Å². The fourth-order valence-electron chi connectivity index (χ4n) is 4.08. The number of anilines is 1. The zero-order valence-electron chi connectivity index (χ0n) is 20.6. The molecule has 1 amide bonds. The molecule has 0 radical (unpaired) electrons. The summed E-state index contributed by atoms with van der Waals surface area (Å²) in [5, 5.41) is 3.24. The van der Waals surface area contributed by atoms with Crippen LogP contribution in [0, 0.1) is 6.92 Å². The molecule has 0 aliphatic carbocycles. The summed E-state index contributed by atoms with van der Waals surface area (Å²) in [7, 11) is 0. The molecule has 2 heterocycles. The van der Waals surface area contributed by atoms with Crippen LogP contribution in [0.5, 0.6) is 0 Å². The highest BCUT2D eigenvalue weighted by Crippen LogP contribution is 2.28. The molecule has 1 N–H and O–H groups in total. The lowest BCUT2D eigenvalue weighted by Crippen LogP contribution is -2.33. The second kappa shape index (κ2) is 11.3. The van der Waals surface area contributed by atoms with E-state index in [0.29, 0.717) is 39.2 Å². The molecule has 0 aliphatic heterocycles. The zero-order valence-corrected chi connectivity index (χ0v) is 21.4. The van der Waals surface area contributed by atoms with Crippen molar-refractivity contribution in [3.63, 3.8) is 0 Å². The number of rotatable bonds is 9. The summed E-state index contributed by atoms with van der Waals surface area (Å²) in [5.74, 6) is -0.767. The number of aryl methyl sites for hydroxylation is 2. The van der Waals surface area contributed by atoms with E-state index in [4.69, 9.17) is 4.74 Å². The number of aromatic nitrogens is 2. The van der Waals surface area contributed by atoms with Gasteiger partial charge in [0.05, 0.1) is 18.3 Å². The zero-order chi connectivity index (χ0) is 25.7. The summed E-state index contributed by atoms with van der Waals surface area (Å²) in [4.78, 5) is 44.4. The number of ether oxygens (including phenoxy) is 1. The highest BCUT2D eigenvalue weighted by molar-refractivity contribution is 7.20. The van der Waals surface area contributed by atoms with Crippen LogP contribution in [0.3, 0.4) is 0 Å². The fraction of sp³-hybridized carbons (Fsp3) is 0.286. The molecular formula is C28H29N3O4S. The first-order valence-electron chi connectivity index (χ1n) is 12.0. The van der Waals surface area contributed by atoms with Gasteiger partial charge < -0.3 is 10.1 Å². The van der Waals surface area contributed by atoms with E-state index in [0.717, 1.165) is 23.3 Å². The third-order valence-electron chi connectivity index (χ3n) is 6.18. The van der Waals surface area contributed by atoms with Gasteiger partial charge in [-0.25, -0.2) is 9.78 Å². The molecule has 4 rings (SSSR count). The lowest BCUT2D eigenvalue weighted by molar-refractivity contribution is -0.119. The maximum atomic E-state index is 13.4. The van der Waals surface area contributed by atoms with Gasteiger partial charge in [-0.3, -0.25) is 14.2 Å². The standard InChI is InChI=1S/C28H29N3O4S/c1-4-19-11-13-21(14-12-19)30-25(32)22(5-2)31-17-29-26-23(27(31)33)18(3)24(36-26)28(34)35-16-15-20-9-7-6-8-10-20/h6-14,17,22H,4-5,15-16H2,1-3H3,(H,30,32). The van der Waals surface area contributed by atoms with Crippen molar-refractivity contribution in [1.82, 2.24) is 9.55 Å². The van der Waals surface area contributed by atoms with E-state index in [1.807, 2.05) is 61.5 Å². The predicted molar refractivity (Wildman–Crippen MR) is 143 cm³/mol. The van der Waals surface area contributed by atoms with Crippen LogP contribution in [0.25, 0.3) is 10.2 Å². The summed E-state index contributed by atoms with van der Waals surface area (Å²) < 4.78 is 6.82. The van der Waals surface area contributed by atoms with Crippen molar-refractivity contribution >= 4 is 39.1 Å². The number of nitrogens with zero attached hydrogens (tertiary/aromatic N) is 2. The Morgan fingerprint density at radius 3 is 2.44 bits per heavy atom. The summed E-state index contributed by atoms with van der Waals surface area (Å²) in [6.45, 7) is 5.87. The van der Waals surface area contributed by atoms with Crippen molar-refractivity contribution in [2.45, 2.75) is 46.1 Å². The molecule has 0 bridgehead atoms. The Kier molecular flexibility index (Phi) is 7.95. The minimum absolute atomic E-state index is 0.242. The Hall–Kier alpha value is -3.78. The van der Waals surface area contributed by atoms with Gasteiger partial charge in [0.15, 0.2) is 0 Å². The number of hydrogen-bond acceptors (Lipinski definition) is 6. The predicted octanol–water partition coefficient (Wildman–Crippen LogP) is 5.32. The number of carbonyl (C=O) groups excluding carboxylic acids is 2. The van der Waals surface area contributed by atoms with E-state index >= 15 is 0 Å². The maximum Gasteiger partial charge on any atom is 0.348 e. The highest BCUT2D eigenvalue weighted by atomic mass is 32.1. The maximum absolute atomic E-state index is 13.4. The molecule has 0 spiro atoms. The van der Waals surface area contributed by atoms with Gasteiger partial charge in [-0.1, -0.05) is 56.3 Å². The van der Waals surface area contributed by atoms with E-state index < -0.39 is 12.0 Å². The Balaban J connectivity index is 1.54. The third kappa shape index (κ3) is 5.39. The first-order chi connectivity index (χ1) is 17.4. The quantitative estimate of drug-likeness (QED) is 0.312. The number of amides is 1. The van der Waals surface area contributed by atoms with Gasteiger partial charge >= 0.3 is 5.97 Å². The molecule has 4 aromatic rings. The number of hydrogen-bond donors (Lipinski definition) is 1. The van der Waals surface area contributed by atoms with E-state index in [1.165, 1.54) is 16.5 Å². The Labute approximate surface area is 213 Å². The first kappa shape index (κ1) is 25.3. The van der Waals surface area contributed by atoms with Gasteiger partial charge in [-0.2, -0.15) is 0 Å². The number of carbonyl (C=O) groups is 2. The average molecular weight is 504 g/mol. The van der Waals surface area contributed by atoms with Crippen LogP contribution in [0.1, 0.15) is 52.7 Å². The van der Waals surface area contributed by atoms with Crippen LogP contribution >= 0.6 is 11.3 Å². The monoisotopic (exact) mass is 503 g/mol. The number of thiophene rings is 1. The van der Waals surface area contributed by atoms with Crippen LogP contribution in [-0.4, -0.2) is 28.0 Å². The van der Waals surface area contributed by atoms with Crippen LogP contribution in [0.15, 0.2) is 65.7 Å².